The van der Waals surface area contributed by atoms with Crippen molar-refractivity contribution in [3.63, 3.8) is 0 Å². The van der Waals surface area contributed by atoms with E-state index in [1.165, 1.54) is 19.2 Å². The summed E-state index contributed by atoms with van der Waals surface area (Å²) < 4.78 is 36.3. The van der Waals surface area contributed by atoms with Crippen LogP contribution >= 0.6 is 0 Å². The molecule has 0 aliphatic carbocycles. The summed E-state index contributed by atoms with van der Waals surface area (Å²) in [7, 11) is -2.49. The van der Waals surface area contributed by atoms with E-state index in [9.17, 15) is 12.8 Å². The van der Waals surface area contributed by atoms with Crippen molar-refractivity contribution in [2.45, 2.75) is 13.0 Å². The lowest BCUT2D eigenvalue weighted by atomic mass is 10.1. The maximum atomic E-state index is 13.3. The van der Waals surface area contributed by atoms with Crippen LogP contribution in [0.25, 0.3) is 0 Å². The fraction of sp³-hybridized carbons (Fsp3) is 0.333. The summed E-state index contributed by atoms with van der Waals surface area (Å²) in [6, 6.07) is 5.37. The molecule has 6 heteroatoms. The molecule has 0 bridgehead atoms. The zero-order chi connectivity index (χ0) is 11.6. The highest BCUT2D eigenvalue weighted by Crippen LogP contribution is 2.22. The highest BCUT2D eigenvalue weighted by atomic mass is 32.2. The topological polar surface area (TPSA) is 63.4 Å². The van der Waals surface area contributed by atoms with Crippen molar-refractivity contribution < 1.29 is 12.8 Å². The number of hydrogen-bond acceptors (Lipinski definition) is 2. The van der Waals surface area contributed by atoms with Crippen LogP contribution in [0.2, 0.25) is 0 Å². The Morgan fingerprint density at radius 1 is 1.40 bits per heavy atom. The molecule has 0 saturated heterocycles. The van der Waals surface area contributed by atoms with Crippen LogP contribution in [-0.2, 0) is 10.2 Å². The van der Waals surface area contributed by atoms with Crippen molar-refractivity contribution >= 4 is 10.2 Å². The molecule has 0 aromatic heterocycles. The van der Waals surface area contributed by atoms with Crippen LogP contribution in [0.1, 0.15) is 18.5 Å². The highest BCUT2D eigenvalue weighted by Gasteiger charge is 2.22. The summed E-state index contributed by atoms with van der Waals surface area (Å²) in [5.74, 6) is -0.444. The zero-order valence-corrected chi connectivity index (χ0v) is 9.33. The first-order valence-electron chi connectivity index (χ1n) is 4.34. The molecule has 0 amide bonds. The molecule has 1 unspecified atom stereocenters. The van der Waals surface area contributed by atoms with Crippen molar-refractivity contribution in [3.05, 3.63) is 35.6 Å². The number of rotatable bonds is 3. The SMILES string of the molecule is CC(c1ccccc1F)N(C)S(N)(=O)=O. The van der Waals surface area contributed by atoms with E-state index in [2.05, 4.69) is 0 Å². The summed E-state index contributed by atoms with van der Waals surface area (Å²) in [5, 5.41) is 4.94. The molecule has 0 aliphatic heterocycles. The summed E-state index contributed by atoms with van der Waals surface area (Å²) in [4.78, 5) is 0. The molecule has 2 N–H and O–H groups in total. The number of nitrogens with zero attached hydrogens (tertiary/aromatic N) is 1. The monoisotopic (exact) mass is 232 g/mol. The lowest BCUT2D eigenvalue weighted by molar-refractivity contribution is 0.388. The molecule has 0 spiro atoms. The lowest BCUT2D eigenvalue weighted by Gasteiger charge is -2.22. The van der Waals surface area contributed by atoms with Crippen molar-refractivity contribution in [3.8, 4) is 0 Å². The molecule has 1 rings (SSSR count). The second-order valence-electron chi connectivity index (χ2n) is 3.26. The van der Waals surface area contributed by atoms with Gasteiger partial charge in [-0.2, -0.15) is 12.7 Å². The fourth-order valence-electron chi connectivity index (χ4n) is 1.23. The Bertz CT molecular complexity index is 447. The molecule has 1 aromatic rings. The average molecular weight is 232 g/mol. The Labute approximate surface area is 88.7 Å². The molecule has 1 aromatic carbocycles. The number of nitrogens with two attached hydrogens (primary N) is 1. The fourth-order valence-corrected chi connectivity index (χ4v) is 1.78. The smallest absolute Gasteiger partial charge is 0.216 e. The predicted molar refractivity (Wildman–Crippen MR) is 55.7 cm³/mol. The van der Waals surface area contributed by atoms with Crippen molar-refractivity contribution in [2.24, 2.45) is 5.14 Å². The van der Waals surface area contributed by atoms with Crippen LogP contribution in [-0.4, -0.2) is 19.8 Å². The first-order valence-corrected chi connectivity index (χ1v) is 5.84. The third kappa shape index (κ3) is 2.74. The molecule has 4 nitrogen and oxygen atoms in total. The minimum atomic E-state index is -3.80. The second-order valence-corrected chi connectivity index (χ2v) is 4.86. The van der Waals surface area contributed by atoms with Crippen molar-refractivity contribution in [2.75, 3.05) is 7.05 Å². The zero-order valence-electron chi connectivity index (χ0n) is 8.51. The molecule has 0 heterocycles. The van der Waals surface area contributed by atoms with Gasteiger partial charge in [0.1, 0.15) is 5.82 Å². The Morgan fingerprint density at radius 3 is 2.40 bits per heavy atom. The summed E-state index contributed by atoms with van der Waals surface area (Å²) in [6.07, 6.45) is 0. The van der Waals surface area contributed by atoms with Gasteiger partial charge in [0.2, 0.25) is 0 Å². The van der Waals surface area contributed by atoms with E-state index in [4.69, 9.17) is 5.14 Å². The van der Waals surface area contributed by atoms with Crippen LogP contribution in [0.4, 0.5) is 4.39 Å². The maximum absolute atomic E-state index is 13.3. The van der Waals surface area contributed by atoms with Crippen LogP contribution in [0.15, 0.2) is 24.3 Å². The highest BCUT2D eigenvalue weighted by molar-refractivity contribution is 7.86. The van der Waals surface area contributed by atoms with E-state index in [1.54, 1.807) is 19.1 Å². The van der Waals surface area contributed by atoms with Crippen LogP contribution in [0.5, 0.6) is 0 Å². The predicted octanol–water partition coefficient (Wildman–Crippen LogP) is 1.02. The number of hydrogen-bond donors (Lipinski definition) is 1. The van der Waals surface area contributed by atoms with Crippen LogP contribution in [0, 0.1) is 5.82 Å². The third-order valence-electron chi connectivity index (χ3n) is 2.30. The quantitative estimate of drug-likeness (QED) is 0.845. The minimum absolute atomic E-state index is 0.300. The molecule has 0 aliphatic rings. The van der Waals surface area contributed by atoms with E-state index in [1.807, 2.05) is 0 Å². The minimum Gasteiger partial charge on any atom is -0.216 e. The van der Waals surface area contributed by atoms with Gasteiger partial charge in [0, 0.05) is 12.6 Å². The van der Waals surface area contributed by atoms with Gasteiger partial charge in [-0.3, -0.25) is 0 Å². The van der Waals surface area contributed by atoms with E-state index >= 15 is 0 Å². The van der Waals surface area contributed by atoms with Gasteiger partial charge < -0.3 is 0 Å². The van der Waals surface area contributed by atoms with Gasteiger partial charge in [-0.05, 0) is 13.0 Å². The molecular weight excluding hydrogens is 219 g/mol. The third-order valence-corrected chi connectivity index (χ3v) is 3.42. The van der Waals surface area contributed by atoms with Gasteiger partial charge in [-0.25, -0.2) is 9.53 Å². The van der Waals surface area contributed by atoms with Crippen LogP contribution in [0.3, 0.4) is 0 Å². The van der Waals surface area contributed by atoms with Gasteiger partial charge >= 0.3 is 0 Å². The van der Waals surface area contributed by atoms with Crippen molar-refractivity contribution in [1.29, 1.82) is 0 Å². The van der Waals surface area contributed by atoms with Crippen LogP contribution < -0.4 is 5.14 Å². The Balaban J connectivity index is 3.06. The van der Waals surface area contributed by atoms with E-state index in [0.717, 1.165) is 4.31 Å². The normalized spacial score (nSPS) is 14.2. The van der Waals surface area contributed by atoms with Gasteiger partial charge in [-0.1, -0.05) is 18.2 Å². The first-order chi connectivity index (χ1) is 6.84. The van der Waals surface area contributed by atoms with E-state index in [-0.39, 0.29) is 0 Å². The van der Waals surface area contributed by atoms with Gasteiger partial charge in [0.05, 0.1) is 6.04 Å². The van der Waals surface area contributed by atoms with Gasteiger partial charge in [0.25, 0.3) is 10.2 Å². The first kappa shape index (κ1) is 12.1. The summed E-state index contributed by atoms with van der Waals surface area (Å²) in [5.41, 5.74) is 0.300. The Morgan fingerprint density at radius 2 is 1.93 bits per heavy atom. The second kappa shape index (κ2) is 4.26. The van der Waals surface area contributed by atoms with Gasteiger partial charge in [0.15, 0.2) is 0 Å². The number of halogens is 1. The summed E-state index contributed by atoms with van der Waals surface area (Å²) in [6.45, 7) is 1.57. The molecule has 15 heavy (non-hydrogen) atoms. The number of benzene rings is 1. The lowest BCUT2D eigenvalue weighted by Crippen LogP contribution is -2.35. The largest absolute Gasteiger partial charge is 0.277 e. The molecular formula is C9H13FN2O2S. The van der Waals surface area contributed by atoms with Crippen molar-refractivity contribution in [1.82, 2.24) is 4.31 Å². The molecule has 0 saturated carbocycles. The standard InChI is InChI=1S/C9H13FN2O2S/c1-7(12(2)15(11,13)14)8-5-3-4-6-9(8)10/h3-7H,1-2H3,(H2,11,13,14). The van der Waals surface area contributed by atoms with E-state index < -0.39 is 22.1 Å². The molecule has 0 fully saturated rings. The molecule has 84 valence electrons. The Hall–Kier alpha value is -0.980. The Kier molecular flexibility index (Phi) is 3.43. The van der Waals surface area contributed by atoms with Gasteiger partial charge in [-0.15, -0.1) is 0 Å². The molecule has 0 radical (unpaired) electrons. The molecule has 1 atom stereocenters. The maximum Gasteiger partial charge on any atom is 0.277 e. The van der Waals surface area contributed by atoms with E-state index in [0.29, 0.717) is 5.56 Å². The average Bonchev–Trinajstić information content (AvgIpc) is 2.15. The summed E-state index contributed by atoms with van der Waals surface area (Å²) >= 11 is 0.